The molecule has 2 aromatic heterocycles. The van der Waals surface area contributed by atoms with Gasteiger partial charge >= 0.3 is 0 Å². The molecule has 0 unspecified atom stereocenters. The lowest BCUT2D eigenvalue weighted by molar-refractivity contribution is 0.629. The molecule has 0 aliphatic rings. The van der Waals surface area contributed by atoms with Crippen molar-refractivity contribution in [3.05, 3.63) is 50.7 Å². The van der Waals surface area contributed by atoms with E-state index in [4.69, 9.17) is 12.2 Å². The van der Waals surface area contributed by atoms with Crippen LogP contribution in [0.25, 0.3) is 11.0 Å². The van der Waals surface area contributed by atoms with Gasteiger partial charge in [-0.25, -0.2) is 4.39 Å². The molecule has 3 rings (SSSR count). The molecule has 1 aromatic carbocycles. The van der Waals surface area contributed by atoms with E-state index < -0.39 is 0 Å². The van der Waals surface area contributed by atoms with Crippen LogP contribution in [-0.2, 0) is 6.54 Å². The fourth-order valence-corrected chi connectivity index (χ4v) is 3.17. The summed E-state index contributed by atoms with van der Waals surface area (Å²) in [6.07, 6.45) is 0. The molecule has 0 radical (unpaired) electrons. The minimum atomic E-state index is -0.252. The van der Waals surface area contributed by atoms with Crippen LogP contribution in [-0.4, -0.2) is 9.55 Å². The highest BCUT2D eigenvalue weighted by Crippen LogP contribution is 2.21. The summed E-state index contributed by atoms with van der Waals surface area (Å²) in [5.74, 6) is -0.252. The van der Waals surface area contributed by atoms with E-state index in [1.807, 2.05) is 4.57 Å². The van der Waals surface area contributed by atoms with Crippen molar-refractivity contribution in [2.24, 2.45) is 0 Å². The number of imidazole rings is 1. The van der Waals surface area contributed by atoms with Crippen LogP contribution in [0.1, 0.15) is 9.75 Å². The van der Waals surface area contributed by atoms with Crippen molar-refractivity contribution in [1.29, 1.82) is 0 Å². The zero-order valence-electron chi connectivity index (χ0n) is 9.74. The molecule has 0 saturated heterocycles. The lowest BCUT2D eigenvalue weighted by atomic mass is 10.3. The SMILES string of the molecule is Cc1ccc(Cn2c(=S)[nH]c3cc(F)ccc32)s1. The van der Waals surface area contributed by atoms with Crippen molar-refractivity contribution in [1.82, 2.24) is 9.55 Å². The molecule has 5 heteroatoms. The molecule has 0 bridgehead atoms. The molecular formula is C13H11FN2S2. The van der Waals surface area contributed by atoms with Crippen molar-refractivity contribution in [3.8, 4) is 0 Å². The Balaban J connectivity index is 2.11. The number of nitrogens with one attached hydrogen (secondary N) is 1. The molecule has 0 atom stereocenters. The third-order valence-corrected chi connectivity index (χ3v) is 4.15. The summed E-state index contributed by atoms with van der Waals surface area (Å²) >= 11 is 7.04. The van der Waals surface area contributed by atoms with E-state index >= 15 is 0 Å². The predicted molar refractivity (Wildman–Crippen MR) is 75.2 cm³/mol. The molecular weight excluding hydrogens is 267 g/mol. The van der Waals surface area contributed by atoms with Crippen molar-refractivity contribution < 1.29 is 4.39 Å². The van der Waals surface area contributed by atoms with Gasteiger partial charge in [0.1, 0.15) is 5.82 Å². The summed E-state index contributed by atoms with van der Waals surface area (Å²) in [6, 6.07) is 8.89. The molecule has 0 amide bonds. The minimum absolute atomic E-state index is 0.252. The molecule has 92 valence electrons. The molecule has 2 nitrogen and oxygen atoms in total. The lowest BCUT2D eigenvalue weighted by Gasteiger charge is -2.02. The third kappa shape index (κ3) is 2.00. The number of rotatable bonds is 2. The van der Waals surface area contributed by atoms with Crippen LogP contribution in [0.5, 0.6) is 0 Å². The Morgan fingerprint density at radius 1 is 1.33 bits per heavy atom. The van der Waals surface area contributed by atoms with E-state index in [0.29, 0.717) is 4.77 Å². The Hall–Kier alpha value is -1.46. The number of benzene rings is 1. The van der Waals surface area contributed by atoms with E-state index in [1.54, 1.807) is 17.4 Å². The van der Waals surface area contributed by atoms with Gasteiger partial charge in [-0.15, -0.1) is 11.3 Å². The first-order chi connectivity index (χ1) is 8.63. The van der Waals surface area contributed by atoms with Gasteiger partial charge in [-0.2, -0.15) is 0 Å². The Kier molecular flexibility index (Phi) is 2.80. The monoisotopic (exact) mass is 278 g/mol. The van der Waals surface area contributed by atoms with Gasteiger partial charge in [0, 0.05) is 9.75 Å². The topological polar surface area (TPSA) is 20.7 Å². The predicted octanol–water partition coefficient (Wildman–Crippen LogP) is 4.26. The van der Waals surface area contributed by atoms with Gasteiger partial charge in [0.05, 0.1) is 17.6 Å². The number of hydrogen-bond donors (Lipinski definition) is 1. The van der Waals surface area contributed by atoms with Crippen LogP contribution in [0.2, 0.25) is 0 Å². The second kappa shape index (κ2) is 4.33. The van der Waals surface area contributed by atoms with Gasteiger partial charge in [-0.3, -0.25) is 0 Å². The number of aryl methyl sites for hydroxylation is 1. The fourth-order valence-electron chi connectivity index (χ4n) is 2.02. The standard InChI is InChI=1S/C13H11FN2S2/c1-8-2-4-10(18-8)7-16-12-5-3-9(14)6-11(12)15-13(16)17/h2-6H,7H2,1H3,(H,15,17). The number of halogens is 1. The average Bonchev–Trinajstić information content (AvgIpc) is 2.84. The fraction of sp³-hybridized carbons (Fsp3) is 0.154. The maximum absolute atomic E-state index is 13.1. The Morgan fingerprint density at radius 2 is 2.17 bits per heavy atom. The summed E-state index contributed by atoms with van der Waals surface area (Å²) in [5, 5.41) is 0. The van der Waals surface area contributed by atoms with Crippen molar-refractivity contribution in [2.75, 3.05) is 0 Å². The van der Waals surface area contributed by atoms with Crippen molar-refractivity contribution in [3.63, 3.8) is 0 Å². The van der Waals surface area contributed by atoms with Crippen molar-refractivity contribution >= 4 is 34.6 Å². The van der Waals surface area contributed by atoms with E-state index in [-0.39, 0.29) is 5.82 Å². The van der Waals surface area contributed by atoms with Crippen LogP contribution in [0.4, 0.5) is 4.39 Å². The molecule has 3 aromatic rings. The zero-order chi connectivity index (χ0) is 12.7. The highest BCUT2D eigenvalue weighted by atomic mass is 32.1. The molecule has 1 N–H and O–H groups in total. The summed E-state index contributed by atoms with van der Waals surface area (Å²) < 4.78 is 15.8. The number of H-pyrrole nitrogens is 1. The van der Waals surface area contributed by atoms with Gasteiger partial charge in [-0.05, 0) is 49.5 Å². The second-order valence-corrected chi connectivity index (χ2v) is 5.95. The summed E-state index contributed by atoms with van der Waals surface area (Å²) in [7, 11) is 0. The number of aromatic amines is 1. The van der Waals surface area contributed by atoms with Crippen LogP contribution >= 0.6 is 23.6 Å². The number of nitrogens with zero attached hydrogens (tertiary/aromatic N) is 1. The highest BCUT2D eigenvalue weighted by Gasteiger charge is 2.07. The third-order valence-electron chi connectivity index (χ3n) is 2.85. The lowest BCUT2D eigenvalue weighted by Crippen LogP contribution is -1.97. The normalized spacial score (nSPS) is 11.2. The molecule has 0 spiro atoms. The quantitative estimate of drug-likeness (QED) is 0.695. The molecule has 2 heterocycles. The number of fused-ring (bicyclic) bond motifs is 1. The maximum Gasteiger partial charge on any atom is 0.178 e. The van der Waals surface area contributed by atoms with Gasteiger partial charge in [0.25, 0.3) is 0 Å². The van der Waals surface area contributed by atoms with Gasteiger partial charge in [-0.1, -0.05) is 0 Å². The van der Waals surface area contributed by atoms with Crippen LogP contribution in [0.3, 0.4) is 0 Å². The van der Waals surface area contributed by atoms with E-state index in [9.17, 15) is 4.39 Å². The smallest absolute Gasteiger partial charge is 0.178 e. The summed E-state index contributed by atoms with van der Waals surface area (Å²) in [4.78, 5) is 5.56. The van der Waals surface area contributed by atoms with Gasteiger partial charge in [0.15, 0.2) is 4.77 Å². The first-order valence-corrected chi connectivity index (χ1v) is 6.79. The second-order valence-electron chi connectivity index (χ2n) is 4.19. The largest absolute Gasteiger partial charge is 0.330 e. The highest BCUT2D eigenvalue weighted by molar-refractivity contribution is 7.71. The first-order valence-electron chi connectivity index (χ1n) is 5.57. The minimum Gasteiger partial charge on any atom is -0.330 e. The average molecular weight is 278 g/mol. The van der Waals surface area contributed by atoms with Crippen LogP contribution in [0, 0.1) is 17.5 Å². The molecule has 18 heavy (non-hydrogen) atoms. The molecule has 0 aliphatic heterocycles. The van der Waals surface area contributed by atoms with Crippen LogP contribution < -0.4 is 0 Å². The van der Waals surface area contributed by atoms with Gasteiger partial charge < -0.3 is 9.55 Å². The van der Waals surface area contributed by atoms with E-state index in [2.05, 4.69) is 24.0 Å². The number of aromatic nitrogens is 2. The van der Waals surface area contributed by atoms with E-state index in [0.717, 1.165) is 17.6 Å². The van der Waals surface area contributed by atoms with Gasteiger partial charge in [0.2, 0.25) is 0 Å². The van der Waals surface area contributed by atoms with Crippen molar-refractivity contribution in [2.45, 2.75) is 13.5 Å². The molecule has 0 fully saturated rings. The summed E-state index contributed by atoms with van der Waals surface area (Å²) in [6.45, 7) is 2.81. The Morgan fingerprint density at radius 3 is 2.89 bits per heavy atom. The van der Waals surface area contributed by atoms with Crippen LogP contribution in [0.15, 0.2) is 30.3 Å². The maximum atomic E-state index is 13.1. The Labute approximate surface area is 113 Å². The van der Waals surface area contributed by atoms with E-state index in [1.165, 1.54) is 21.9 Å². The Bertz CT molecular complexity index is 767. The number of thiophene rings is 1. The summed E-state index contributed by atoms with van der Waals surface area (Å²) in [5.41, 5.74) is 1.68. The zero-order valence-corrected chi connectivity index (χ0v) is 11.4. The first kappa shape index (κ1) is 11.6. The number of hydrogen-bond acceptors (Lipinski definition) is 2. The molecule has 0 saturated carbocycles. The molecule has 0 aliphatic carbocycles.